The zero-order valence-corrected chi connectivity index (χ0v) is 66.7. The second-order valence-corrected chi connectivity index (χ2v) is 38.3. The number of alkyl halides is 3. The van der Waals surface area contributed by atoms with Gasteiger partial charge in [-0.3, -0.25) is 19.2 Å². The number of amides is 4. The third kappa shape index (κ3) is 27.6. The van der Waals surface area contributed by atoms with Gasteiger partial charge in [-0.15, -0.1) is 0 Å². The molecule has 0 N–H and O–H groups in total. The average molecular weight is 1520 g/mol. The van der Waals surface area contributed by atoms with Gasteiger partial charge in [-0.2, -0.15) is 13.2 Å². The van der Waals surface area contributed by atoms with Gasteiger partial charge in [-0.25, -0.2) is 41.1 Å². The van der Waals surface area contributed by atoms with Crippen molar-refractivity contribution in [3.05, 3.63) is 34.6 Å². The minimum absolute atomic E-state index is 0.0843. The zero-order valence-electron chi connectivity index (χ0n) is 65.7. The molecule has 1 unspecified atom stereocenters. The van der Waals surface area contributed by atoms with Crippen molar-refractivity contribution in [1.29, 1.82) is 0 Å². The molecule has 0 radical (unpaired) electrons. The van der Waals surface area contributed by atoms with E-state index in [4.69, 9.17) is 37.9 Å². The van der Waals surface area contributed by atoms with E-state index in [1.165, 1.54) is 16.7 Å². The Kier molecular flexibility index (Phi) is 34.6. The topological polar surface area (TPSA) is 223 Å². The summed E-state index contributed by atoms with van der Waals surface area (Å²) in [6.45, 7) is 39.7. The van der Waals surface area contributed by atoms with E-state index in [1.54, 1.807) is 37.5 Å². The van der Waals surface area contributed by atoms with E-state index in [1.807, 2.05) is 69.2 Å². The van der Waals surface area contributed by atoms with Crippen molar-refractivity contribution in [1.82, 2.24) is 19.6 Å². The summed E-state index contributed by atoms with van der Waals surface area (Å²) in [6, 6.07) is 1.14. The first kappa shape index (κ1) is 92.0. The van der Waals surface area contributed by atoms with Crippen molar-refractivity contribution in [2.75, 3.05) is 52.4 Å². The fraction of sp³-hybridized carbons (Fsp3) is 0.813. The Morgan fingerprint density at radius 3 is 0.990 bits per heavy atom. The minimum Gasteiger partial charge on any atom is -0.462 e. The smallest absolute Gasteiger partial charge is 0.428 e. The van der Waals surface area contributed by atoms with Crippen molar-refractivity contribution in [3.8, 4) is 0 Å². The Balaban J connectivity index is 0.000000361. The first-order valence-corrected chi connectivity index (χ1v) is 40.9. The lowest BCUT2D eigenvalue weighted by atomic mass is 9.90. The maximum Gasteiger partial charge on any atom is 0.428 e. The Bertz CT molecular complexity index is 2970. The monoisotopic (exact) mass is 1510 g/mol. The van der Waals surface area contributed by atoms with Crippen molar-refractivity contribution < 1.29 is 111 Å². The second kappa shape index (κ2) is 39.1. The highest BCUT2D eigenvalue weighted by Gasteiger charge is 2.54. The van der Waals surface area contributed by atoms with Gasteiger partial charge in [-0.05, 0) is 147 Å². The van der Waals surface area contributed by atoms with Crippen LogP contribution in [0.15, 0.2) is 0 Å². The van der Waals surface area contributed by atoms with Crippen LogP contribution in [0.1, 0.15) is 245 Å². The molecule has 5 fully saturated rings. The summed E-state index contributed by atoms with van der Waals surface area (Å²) < 4.78 is 149. The number of piperidine rings is 4. The van der Waals surface area contributed by atoms with E-state index in [0.717, 1.165) is 64.3 Å². The molecule has 20 nitrogen and oxygen atoms in total. The third-order valence-corrected chi connectivity index (χ3v) is 22.9. The Labute approximate surface area is 613 Å². The Morgan fingerprint density at radius 1 is 0.423 bits per heavy atom. The molecule has 4 amide bonds. The number of esters is 4. The van der Waals surface area contributed by atoms with Crippen LogP contribution in [-0.4, -0.2) is 176 Å². The Hall–Kier alpha value is -6.16. The molecule has 6 rings (SSSR count). The summed E-state index contributed by atoms with van der Waals surface area (Å²) in [5, 5.41) is 0. The molecule has 4 saturated heterocycles. The Morgan fingerprint density at radius 2 is 0.712 bits per heavy atom. The summed E-state index contributed by atoms with van der Waals surface area (Å²) in [5.41, 5.74) is -6.49. The highest BCUT2D eigenvalue weighted by Crippen LogP contribution is 2.39. The van der Waals surface area contributed by atoms with E-state index in [-0.39, 0.29) is 98.7 Å². The number of likely N-dealkylation sites (tertiary alicyclic amines) is 4. The van der Waals surface area contributed by atoms with Crippen molar-refractivity contribution >= 4 is 56.3 Å². The molecule has 598 valence electrons. The lowest BCUT2D eigenvalue weighted by molar-refractivity contribution is -0.254. The molecule has 1 atom stereocenters. The van der Waals surface area contributed by atoms with Gasteiger partial charge in [0.2, 0.25) is 11.4 Å². The third-order valence-electron chi connectivity index (χ3n) is 21.2. The lowest BCUT2D eigenvalue weighted by Gasteiger charge is -2.36. The molecule has 5 aliphatic rings. The van der Waals surface area contributed by atoms with Gasteiger partial charge in [0.1, 0.15) is 42.2 Å². The normalized spacial score (nSPS) is 18.2. The van der Waals surface area contributed by atoms with Crippen LogP contribution in [0.2, 0.25) is 25.7 Å². The number of hydrogen-bond donors (Lipinski definition) is 0. The highest BCUT2D eigenvalue weighted by molar-refractivity contribution is 6.76. The quantitative estimate of drug-likeness (QED) is 0.0263. The van der Waals surface area contributed by atoms with Crippen LogP contribution >= 0.6 is 0 Å². The number of benzene rings is 1. The molecular weight excluding hydrogens is 1390 g/mol. The van der Waals surface area contributed by atoms with E-state index < -0.39 is 101 Å². The van der Waals surface area contributed by atoms with E-state index in [9.17, 15) is 73.5 Å². The zero-order chi connectivity index (χ0) is 79.4. The highest BCUT2D eigenvalue weighted by atomic mass is 28.3. The maximum atomic E-state index is 13.6. The number of carbonyl (C=O) groups excluding carboxylic acids is 8. The minimum atomic E-state index is -4.63. The number of hydrogen-bond acceptors (Lipinski definition) is 16. The number of carbonyl (C=O) groups is 8. The van der Waals surface area contributed by atoms with Gasteiger partial charge in [0.05, 0.1) is 27.2 Å². The fourth-order valence-corrected chi connectivity index (χ4v) is 12.2. The molecule has 104 heavy (non-hydrogen) atoms. The predicted octanol–water partition coefficient (Wildman–Crippen LogP) is 18.1. The van der Waals surface area contributed by atoms with Crippen LogP contribution in [-0.2, 0) is 63.7 Å². The molecule has 0 bridgehead atoms. The predicted molar refractivity (Wildman–Crippen MR) is 378 cm³/mol. The molecule has 4 heterocycles. The first-order chi connectivity index (χ1) is 47.9. The van der Waals surface area contributed by atoms with Crippen LogP contribution in [0.3, 0.4) is 0 Å². The molecule has 1 aromatic rings. The number of nitrogens with zero attached hydrogens (tertiary/aromatic N) is 4. The number of rotatable bonds is 22. The summed E-state index contributed by atoms with van der Waals surface area (Å²) in [7, 11) is -1.15. The molecule has 0 aromatic heterocycles. The van der Waals surface area contributed by atoms with Gasteiger partial charge >= 0.3 is 54.4 Å². The van der Waals surface area contributed by atoms with Crippen molar-refractivity contribution in [3.63, 3.8) is 0 Å². The lowest BCUT2D eigenvalue weighted by Crippen LogP contribution is -2.50. The molecule has 29 heteroatoms. The van der Waals surface area contributed by atoms with Crippen LogP contribution in [0.4, 0.5) is 54.3 Å². The summed E-state index contributed by atoms with van der Waals surface area (Å²) in [6.07, 6.45) is 4.71. The van der Waals surface area contributed by atoms with E-state index >= 15 is 0 Å². The summed E-state index contributed by atoms with van der Waals surface area (Å²) >= 11 is 0. The first-order valence-electron chi connectivity index (χ1n) is 37.2. The van der Waals surface area contributed by atoms with E-state index in [2.05, 4.69) is 26.6 Å². The van der Waals surface area contributed by atoms with Gasteiger partial charge in [-0.1, -0.05) is 67.2 Å². The molecule has 1 aliphatic carbocycles. The average Bonchev–Trinajstić information content (AvgIpc) is 1.24. The SMILES string of the molecule is CCC(C)(C)C(=O)OC1CCN(C(=O)OC(C)(C)CC[Si](C)(C)C)CC1.CCC(C)(C)C(=O)OC1CCN(C(=O)OC(C)(CC)C(F)(F)F)CC1.CCC(C)(C)C(=O)OC1CCN(C(=O)OCc2c(F)c(F)c(F)c(F)c2F)CC1.CCC1(OC(=O)N2CCC(OC(=O)C(C)(C)CC)CC2)CCCC1. The summed E-state index contributed by atoms with van der Waals surface area (Å²) in [5.74, 6) is -11.5. The van der Waals surface area contributed by atoms with Crippen molar-refractivity contribution in [2.24, 2.45) is 21.7 Å². The maximum absolute atomic E-state index is 13.6. The standard InChI is InChI=1S/C20H39NO4Si.C19H22F5NO4.C19H33NO4.C17H28F3NO4/c1-9-19(2,3)17(22)24-16-10-13-21(14-11-16)18(23)25-20(4,5)12-15-26(6,7)8;1-4-19(2,3)17(26)29-10-5-7-25(8-6-10)18(27)28-9-11-12(20)14(22)16(24)15(23)13(11)21;1-5-18(3,4)16(21)23-15-9-13-20(14-10-15)17(22)24-19(6-2)11-7-8-12-19;1-6-15(3,4)13(22)24-12-8-10-21(11-9-12)14(23)25-16(5,7-2)17(18,19)20/h16H,9-15H2,1-8H3;10H,4-9H2,1-3H3;15H,5-14H2,1-4H3;12H,6-11H2,1-5H3. The van der Waals surface area contributed by atoms with Crippen LogP contribution in [0, 0.1) is 50.7 Å². The van der Waals surface area contributed by atoms with Gasteiger partial charge < -0.3 is 57.5 Å². The number of halogens is 8. The number of ether oxygens (including phenoxy) is 8. The summed E-state index contributed by atoms with van der Waals surface area (Å²) in [4.78, 5) is 104. The van der Waals surface area contributed by atoms with Gasteiger partial charge in [0, 0.05) is 112 Å². The van der Waals surface area contributed by atoms with Gasteiger partial charge in [0.15, 0.2) is 23.3 Å². The van der Waals surface area contributed by atoms with Crippen LogP contribution in [0.25, 0.3) is 0 Å². The van der Waals surface area contributed by atoms with Crippen LogP contribution in [0.5, 0.6) is 0 Å². The molecule has 4 aliphatic heterocycles. The fourth-order valence-electron chi connectivity index (χ4n) is 10.9. The molecule has 0 spiro atoms. The van der Waals surface area contributed by atoms with Crippen molar-refractivity contribution in [2.45, 2.75) is 319 Å². The molecule has 1 saturated carbocycles. The molecular formula is C75H122F8N4O16Si. The van der Waals surface area contributed by atoms with Gasteiger partial charge in [0.25, 0.3) is 0 Å². The second-order valence-electron chi connectivity index (χ2n) is 32.7. The van der Waals surface area contributed by atoms with Crippen LogP contribution < -0.4 is 0 Å². The van der Waals surface area contributed by atoms with E-state index in [0.29, 0.717) is 90.4 Å². The largest absolute Gasteiger partial charge is 0.462 e. The molecule has 1 aromatic carbocycles.